The Bertz CT molecular complexity index is 1430. The molecular weight excluding hydrogens is 542 g/mol. The van der Waals surface area contributed by atoms with Gasteiger partial charge in [-0.3, -0.25) is 4.79 Å². The molecule has 5 heteroatoms. The summed E-state index contributed by atoms with van der Waals surface area (Å²) in [6.45, 7) is 18.1. The number of allylic oxidation sites excluding steroid dienone is 1. The second-order valence-corrected chi connectivity index (χ2v) is 11.5. The summed E-state index contributed by atoms with van der Waals surface area (Å²) in [5.74, 6) is 4.55. The summed E-state index contributed by atoms with van der Waals surface area (Å²) in [4.78, 5) is 22.2. The van der Waals surface area contributed by atoms with Gasteiger partial charge in [0.25, 0.3) is 0 Å². The number of fused-ring (bicyclic) bond motifs is 1. The predicted octanol–water partition coefficient (Wildman–Crippen LogP) is 10.1. The number of Topliss-reactive ketones (excluding diaryl/α,β-unsaturated/α-hetero) is 1. The van der Waals surface area contributed by atoms with E-state index in [0.29, 0.717) is 6.61 Å². The molecule has 0 unspecified atom stereocenters. The lowest BCUT2D eigenvalue weighted by molar-refractivity contribution is 0.101. The number of anilines is 1. The van der Waals surface area contributed by atoms with Crippen molar-refractivity contribution >= 4 is 22.5 Å². The highest BCUT2D eigenvalue weighted by atomic mass is 16.5. The largest absolute Gasteiger partial charge is 0.488 e. The fourth-order valence-corrected chi connectivity index (χ4v) is 5.15. The van der Waals surface area contributed by atoms with Crippen LogP contribution in [0.15, 0.2) is 79.4 Å². The van der Waals surface area contributed by atoms with Crippen LogP contribution < -0.4 is 9.64 Å². The Hall–Kier alpha value is -3.99. The van der Waals surface area contributed by atoms with Crippen molar-refractivity contribution in [2.45, 2.75) is 80.8 Å². The minimum absolute atomic E-state index is 0.0841. The van der Waals surface area contributed by atoms with Gasteiger partial charge in [0.2, 0.25) is 0 Å². The number of rotatable bonds is 6. The summed E-state index contributed by atoms with van der Waals surface area (Å²) in [5.41, 5.74) is 4.88. The standard InChI is InChI=1S/C17H18O2.C11H13N3.C9H16.C2H6/c1-12-9-16(14(3)18)10-13(2)17(12)19-11-15-7-5-4-6-8-15;1-8-12-10-7-5-4-6-9(10)11(13-8)14(2)3;1-3-9-6-4-8(2)5-7-9;1-2/h4-10H,11H2,1-3H3;4-7H,1-3H3;3,8-9H,1,4-7H2,2H3;1-2H3. The van der Waals surface area contributed by atoms with Gasteiger partial charge in [0.15, 0.2) is 5.78 Å². The van der Waals surface area contributed by atoms with Crippen molar-refractivity contribution in [3.63, 3.8) is 0 Å². The molecule has 0 spiro atoms. The number of carbonyl (C=O) groups is 1. The molecular formula is C39H53N3O2. The Morgan fingerprint density at radius 3 is 2.02 bits per heavy atom. The fraction of sp³-hybridized carbons (Fsp3) is 0.410. The van der Waals surface area contributed by atoms with Crippen LogP contribution in [0.5, 0.6) is 5.75 Å². The van der Waals surface area contributed by atoms with Gasteiger partial charge in [0.05, 0.1) is 5.52 Å². The molecule has 0 bridgehead atoms. The highest BCUT2D eigenvalue weighted by Gasteiger charge is 2.14. The van der Waals surface area contributed by atoms with E-state index in [0.717, 1.165) is 62.4 Å². The van der Waals surface area contributed by atoms with Crippen LogP contribution in [0.4, 0.5) is 5.82 Å². The third kappa shape index (κ3) is 11.3. The van der Waals surface area contributed by atoms with Crippen LogP contribution in [0.3, 0.4) is 0 Å². The molecule has 4 aromatic rings. The average molecular weight is 596 g/mol. The molecule has 0 radical (unpaired) electrons. The topological polar surface area (TPSA) is 55.3 Å². The Morgan fingerprint density at radius 2 is 1.48 bits per heavy atom. The maximum atomic E-state index is 11.4. The molecule has 1 aliphatic rings. The molecule has 44 heavy (non-hydrogen) atoms. The van der Waals surface area contributed by atoms with Crippen LogP contribution in [-0.2, 0) is 6.61 Å². The molecule has 1 heterocycles. The molecule has 5 rings (SSSR count). The van der Waals surface area contributed by atoms with E-state index in [9.17, 15) is 4.79 Å². The number of aryl methyl sites for hydroxylation is 3. The third-order valence-electron chi connectivity index (χ3n) is 7.61. The van der Waals surface area contributed by atoms with Crippen molar-refractivity contribution in [1.29, 1.82) is 0 Å². The molecule has 0 N–H and O–H groups in total. The van der Waals surface area contributed by atoms with E-state index < -0.39 is 0 Å². The number of hydrogen-bond donors (Lipinski definition) is 0. The van der Waals surface area contributed by atoms with E-state index >= 15 is 0 Å². The Balaban J connectivity index is 0.000000237. The van der Waals surface area contributed by atoms with Crippen LogP contribution in [0, 0.1) is 32.6 Å². The van der Waals surface area contributed by atoms with E-state index in [1.807, 2.05) is 120 Å². The first-order valence-corrected chi connectivity index (χ1v) is 15.9. The first kappa shape index (κ1) is 36.2. The van der Waals surface area contributed by atoms with Gasteiger partial charge in [-0.15, -0.1) is 6.58 Å². The quantitative estimate of drug-likeness (QED) is 0.164. The molecule has 5 nitrogen and oxygen atoms in total. The number of benzene rings is 3. The van der Waals surface area contributed by atoms with E-state index in [1.54, 1.807) is 6.92 Å². The van der Waals surface area contributed by atoms with Crippen molar-refractivity contribution in [3.05, 3.63) is 107 Å². The fourth-order valence-electron chi connectivity index (χ4n) is 5.15. The van der Waals surface area contributed by atoms with Crippen molar-refractivity contribution in [3.8, 4) is 5.75 Å². The zero-order chi connectivity index (χ0) is 32.6. The van der Waals surface area contributed by atoms with Gasteiger partial charge >= 0.3 is 0 Å². The van der Waals surface area contributed by atoms with E-state index in [4.69, 9.17) is 4.74 Å². The number of ketones is 1. The van der Waals surface area contributed by atoms with Crippen molar-refractivity contribution < 1.29 is 9.53 Å². The summed E-state index contributed by atoms with van der Waals surface area (Å²) >= 11 is 0. The van der Waals surface area contributed by atoms with Gasteiger partial charge in [-0.2, -0.15) is 0 Å². The molecule has 1 fully saturated rings. The Morgan fingerprint density at radius 1 is 0.909 bits per heavy atom. The van der Waals surface area contributed by atoms with Gasteiger partial charge in [-0.1, -0.05) is 82.2 Å². The molecule has 3 aromatic carbocycles. The van der Waals surface area contributed by atoms with Crippen molar-refractivity contribution in [2.75, 3.05) is 19.0 Å². The van der Waals surface area contributed by atoms with Crippen LogP contribution in [0.2, 0.25) is 0 Å². The number of nitrogens with zero attached hydrogens (tertiary/aromatic N) is 3. The number of aromatic nitrogens is 2. The molecule has 0 atom stereocenters. The second kappa shape index (κ2) is 18.6. The lowest BCUT2D eigenvalue weighted by atomic mass is 9.83. The smallest absolute Gasteiger partial charge is 0.159 e. The summed E-state index contributed by atoms with van der Waals surface area (Å²) in [6, 6.07) is 21.9. The van der Waals surface area contributed by atoms with Crippen LogP contribution in [-0.4, -0.2) is 29.8 Å². The number of carbonyl (C=O) groups excluding carboxylic acids is 1. The molecule has 0 aliphatic heterocycles. The lowest BCUT2D eigenvalue weighted by Gasteiger charge is -2.23. The zero-order valence-corrected chi connectivity index (χ0v) is 28.5. The predicted molar refractivity (Wildman–Crippen MR) is 188 cm³/mol. The van der Waals surface area contributed by atoms with Gasteiger partial charge in [-0.05, 0) is 93.3 Å². The van der Waals surface area contributed by atoms with Crippen molar-refractivity contribution in [2.24, 2.45) is 11.8 Å². The van der Waals surface area contributed by atoms with Crippen LogP contribution >= 0.6 is 0 Å². The molecule has 236 valence electrons. The number of para-hydroxylation sites is 1. The van der Waals surface area contributed by atoms with E-state index in [-0.39, 0.29) is 5.78 Å². The van der Waals surface area contributed by atoms with Gasteiger partial charge in [0.1, 0.15) is 24.0 Å². The molecule has 1 aromatic heterocycles. The third-order valence-corrected chi connectivity index (χ3v) is 7.61. The Labute approximate surface area is 266 Å². The molecule has 1 aliphatic carbocycles. The summed E-state index contributed by atoms with van der Waals surface area (Å²) in [7, 11) is 3.99. The lowest BCUT2D eigenvalue weighted by Crippen LogP contribution is -2.12. The average Bonchev–Trinajstić information content (AvgIpc) is 3.02. The Kier molecular flexibility index (Phi) is 15.3. The first-order chi connectivity index (χ1) is 21.1. The van der Waals surface area contributed by atoms with E-state index in [1.165, 1.54) is 25.7 Å². The van der Waals surface area contributed by atoms with Gasteiger partial charge in [-0.25, -0.2) is 9.97 Å². The highest BCUT2D eigenvalue weighted by molar-refractivity contribution is 5.94. The van der Waals surface area contributed by atoms with Gasteiger partial charge in [0, 0.05) is 25.0 Å². The highest BCUT2D eigenvalue weighted by Crippen LogP contribution is 2.28. The maximum Gasteiger partial charge on any atom is 0.159 e. The number of hydrogen-bond acceptors (Lipinski definition) is 5. The van der Waals surface area contributed by atoms with Crippen LogP contribution in [0.1, 0.15) is 86.3 Å². The van der Waals surface area contributed by atoms with Crippen LogP contribution in [0.25, 0.3) is 10.9 Å². The SMILES string of the molecule is C=CC1CCC(C)CC1.CC.CC(=O)c1cc(C)c(OCc2ccccc2)c(C)c1.Cc1nc(N(C)C)c2ccccc2n1. The summed E-state index contributed by atoms with van der Waals surface area (Å²) in [6.07, 6.45) is 7.70. The molecule has 1 saturated carbocycles. The zero-order valence-electron chi connectivity index (χ0n) is 28.5. The van der Waals surface area contributed by atoms with Crippen molar-refractivity contribution in [1.82, 2.24) is 9.97 Å². The molecule has 0 amide bonds. The number of ether oxygens (including phenoxy) is 1. The first-order valence-electron chi connectivity index (χ1n) is 15.9. The maximum absolute atomic E-state index is 11.4. The van der Waals surface area contributed by atoms with E-state index in [2.05, 4.69) is 29.5 Å². The summed E-state index contributed by atoms with van der Waals surface area (Å²) in [5, 5.41) is 1.10. The normalized spacial score (nSPS) is 15.3. The monoisotopic (exact) mass is 595 g/mol. The molecule has 0 saturated heterocycles. The summed E-state index contributed by atoms with van der Waals surface area (Å²) < 4.78 is 5.88. The van der Waals surface area contributed by atoms with Gasteiger partial charge < -0.3 is 9.64 Å². The second-order valence-electron chi connectivity index (χ2n) is 11.5. The minimum atomic E-state index is 0.0841. The minimum Gasteiger partial charge on any atom is -0.488 e.